The number of benzene rings is 1. The summed E-state index contributed by atoms with van der Waals surface area (Å²) in [6.45, 7) is 0.166. The molecule has 1 aromatic carbocycles. The summed E-state index contributed by atoms with van der Waals surface area (Å²) in [7, 11) is 0. The topological polar surface area (TPSA) is 103 Å². The zero-order chi connectivity index (χ0) is 13.8. The van der Waals surface area contributed by atoms with Gasteiger partial charge in [0.15, 0.2) is 0 Å². The first-order valence-electron chi connectivity index (χ1n) is 5.26. The molecule has 0 saturated heterocycles. The summed E-state index contributed by atoms with van der Waals surface area (Å²) >= 11 is 1.05. The van der Waals surface area contributed by atoms with Crippen LogP contribution in [-0.2, 0) is 6.61 Å². The summed E-state index contributed by atoms with van der Waals surface area (Å²) in [5, 5.41) is 10.4. The highest BCUT2D eigenvalue weighted by molar-refractivity contribution is 7.11. The molecule has 1 heterocycles. The Hall–Kier alpha value is -2.41. The van der Waals surface area contributed by atoms with Gasteiger partial charge in [0.05, 0.1) is 5.69 Å². The van der Waals surface area contributed by atoms with Gasteiger partial charge in [-0.3, -0.25) is 4.79 Å². The van der Waals surface area contributed by atoms with E-state index in [-0.39, 0.29) is 11.6 Å². The van der Waals surface area contributed by atoms with Crippen LogP contribution in [0, 0.1) is 0 Å². The van der Waals surface area contributed by atoms with E-state index in [1.165, 1.54) is 0 Å². The van der Waals surface area contributed by atoms with Gasteiger partial charge in [0, 0.05) is 10.9 Å². The summed E-state index contributed by atoms with van der Waals surface area (Å²) in [6, 6.07) is 6.35. The van der Waals surface area contributed by atoms with E-state index < -0.39 is 11.9 Å². The van der Waals surface area contributed by atoms with Crippen molar-refractivity contribution in [1.82, 2.24) is 4.98 Å². The van der Waals surface area contributed by atoms with E-state index in [0.29, 0.717) is 17.0 Å². The van der Waals surface area contributed by atoms with Crippen LogP contribution in [0.5, 0.6) is 5.75 Å². The molecule has 1 aromatic heterocycles. The van der Waals surface area contributed by atoms with Crippen LogP contribution in [0.4, 0.5) is 0 Å². The van der Waals surface area contributed by atoms with Gasteiger partial charge in [0.25, 0.3) is 0 Å². The minimum absolute atomic E-state index is 0.0303. The maximum Gasteiger partial charge on any atom is 0.365 e. The first kappa shape index (κ1) is 13.0. The molecule has 0 fully saturated rings. The van der Waals surface area contributed by atoms with Crippen LogP contribution in [0.3, 0.4) is 0 Å². The number of carbonyl (C=O) groups excluding carboxylic acids is 1. The largest absolute Gasteiger partial charge is 0.487 e. The van der Waals surface area contributed by atoms with Gasteiger partial charge in [-0.05, 0) is 24.3 Å². The molecular formula is C12H10N2O4S. The molecule has 0 bridgehead atoms. The SMILES string of the molecule is NC(=O)c1ccc(OCc2csc(C(=O)O)n2)cc1. The lowest BCUT2D eigenvalue weighted by Gasteiger charge is -2.04. The van der Waals surface area contributed by atoms with Gasteiger partial charge in [-0.2, -0.15) is 0 Å². The standard InChI is InChI=1S/C12H10N2O4S/c13-10(15)7-1-3-9(4-2-7)18-5-8-6-19-11(14-8)12(16)17/h1-4,6H,5H2,(H2,13,15)(H,16,17). The molecule has 0 saturated carbocycles. The smallest absolute Gasteiger partial charge is 0.365 e. The predicted octanol–water partition coefficient (Wildman–Crippen LogP) is 1.52. The van der Waals surface area contributed by atoms with Crippen LogP contribution in [0.1, 0.15) is 25.9 Å². The molecule has 6 nitrogen and oxygen atoms in total. The molecule has 0 unspecified atom stereocenters. The van der Waals surface area contributed by atoms with Crippen molar-refractivity contribution in [2.75, 3.05) is 0 Å². The van der Waals surface area contributed by atoms with E-state index in [2.05, 4.69) is 4.98 Å². The van der Waals surface area contributed by atoms with Gasteiger partial charge in [-0.15, -0.1) is 11.3 Å². The van der Waals surface area contributed by atoms with Gasteiger partial charge < -0.3 is 15.6 Å². The summed E-state index contributed by atoms with van der Waals surface area (Å²) in [6.07, 6.45) is 0. The lowest BCUT2D eigenvalue weighted by Crippen LogP contribution is -2.10. The normalized spacial score (nSPS) is 10.1. The van der Waals surface area contributed by atoms with Gasteiger partial charge in [-0.25, -0.2) is 9.78 Å². The van der Waals surface area contributed by atoms with Crippen molar-refractivity contribution in [3.63, 3.8) is 0 Å². The third-order valence-corrected chi connectivity index (χ3v) is 3.14. The van der Waals surface area contributed by atoms with Gasteiger partial charge in [0.1, 0.15) is 12.4 Å². The number of nitrogens with two attached hydrogens (primary N) is 1. The van der Waals surface area contributed by atoms with E-state index in [1.54, 1.807) is 29.6 Å². The predicted molar refractivity (Wildman–Crippen MR) is 68.4 cm³/mol. The Bertz CT molecular complexity index is 606. The molecule has 0 radical (unpaired) electrons. The molecule has 0 aliphatic heterocycles. The lowest BCUT2D eigenvalue weighted by molar-refractivity contribution is 0.0696. The molecule has 2 aromatic rings. The number of nitrogens with zero attached hydrogens (tertiary/aromatic N) is 1. The molecule has 2 rings (SSSR count). The zero-order valence-electron chi connectivity index (χ0n) is 9.70. The second kappa shape index (κ2) is 5.49. The third-order valence-electron chi connectivity index (χ3n) is 2.26. The number of carboxylic acids is 1. The maximum absolute atomic E-state index is 10.9. The quantitative estimate of drug-likeness (QED) is 0.863. The molecule has 1 amide bonds. The fourth-order valence-electron chi connectivity index (χ4n) is 1.34. The molecule has 19 heavy (non-hydrogen) atoms. The summed E-state index contributed by atoms with van der Waals surface area (Å²) in [5.41, 5.74) is 6.06. The highest BCUT2D eigenvalue weighted by Gasteiger charge is 2.09. The average Bonchev–Trinajstić information content (AvgIpc) is 2.86. The molecule has 98 valence electrons. The van der Waals surface area contributed by atoms with Crippen molar-refractivity contribution >= 4 is 23.2 Å². The number of rotatable bonds is 5. The Morgan fingerprint density at radius 1 is 1.32 bits per heavy atom. The lowest BCUT2D eigenvalue weighted by atomic mass is 10.2. The molecule has 3 N–H and O–H groups in total. The summed E-state index contributed by atoms with van der Waals surface area (Å²) < 4.78 is 5.42. The average molecular weight is 278 g/mol. The molecule has 0 spiro atoms. The van der Waals surface area contributed by atoms with Crippen LogP contribution in [0.15, 0.2) is 29.6 Å². The van der Waals surface area contributed by atoms with E-state index in [1.807, 2.05) is 0 Å². The number of aromatic nitrogens is 1. The van der Waals surface area contributed by atoms with Crippen molar-refractivity contribution in [3.05, 3.63) is 45.9 Å². The Morgan fingerprint density at radius 3 is 2.53 bits per heavy atom. The van der Waals surface area contributed by atoms with Crippen LogP contribution < -0.4 is 10.5 Å². The first-order valence-corrected chi connectivity index (χ1v) is 6.14. The van der Waals surface area contributed by atoms with Crippen molar-refractivity contribution in [2.45, 2.75) is 6.61 Å². The summed E-state index contributed by atoms with van der Waals surface area (Å²) in [5.74, 6) is -1.01. The van der Waals surface area contributed by atoms with Crippen molar-refractivity contribution < 1.29 is 19.4 Å². The molecule has 0 aliphatic carbocycles. The minimum Gasteiger partial charge on any atom is -0.487 e. The highest BCUT2D eigenvalue weighted by atomic mass is 32.1. The number of thiazole rings is 1. The number of carboxylic acid groups (broad SMARTS) is 1. The van der Waals surface area contributed by atoms with Crippen LogP contribution >= 0.6 is 11.3 Å². The molecule has 0 atom stereocenters. The first-order chi connectivity index (χ1) is 9.06. The monoisotopic (exact) mass is 278 g/mol. The second-order valence-corrected chi connectivity index (χ2v) is 4.48. The van der Waals surface area contributed by atoms with Gasteiger partial charge >= 0.3 is 5.97 Å². The van der Waals surface area contributed by atoms with Crippen molar-refractivity contribution in [3.8, 4) is 5.75 Å². The van der Waals surface area contributed by atoms with E-state index in [0.717, 1.165) is 11.3 Å². The Balaban J connectivity index is 1.97. The number of ether oxygens (including phenoxy) is 1. The van der Waals surface area contributed by atoms with Crippen molar-refractivity contribution in [1.29, 1.82) is 0 Å². The highest BCUT2D eigenvalue weighted by Crippen LogP contribution is 2.15. The minimum atomic E-state index is -1.05. The van der Waals surface area contributed by atoms with Crippen molar-refractivity contribution in [2.24, 2.45) is 5.73 Å². The molecule has 0 aliphatic rings. The molecular weight excluding hydrogens is 268 g/mol. The van der Waals surface area contributed by atoms with Gasteiger partial charge in [0.2, 0.25) is 10.9 Å². The van der Waals surface area contributed by atoms with E-state index in [4.69, 9.17) is 15.6 Å². The van der Waals surface area contributed by atoms with Gasteiger partial charge in [-0.1, -0.05) is 0 Å². The fraction of sp³-hybridized carbons (Fsp3) is 0.0833. The second-order valence-electron chi connectivity index (χ2n) is 3.63. The number of primary amides is 1. The fourth-order valence-corrected chi connectivity index (χ4v) is 1.98. The Labute approximate surface area is 112 Å². The Kier molecular flexibility index (Phi) is 3.76. The number of amides is 1. The van der Waals surface area contributed by atoms with Crippen LogP contribution in [0.25, 0.3) is 0 Å². The van der Waals surface area contributed by atoms with E-state index >= 15 is 0 Å². The molecule has 7 heteroatoms. The number of hydrogen-bond donors (Lipinski definition) is 2. The zero-order valence-corrected chi connectivity index (χ0v) is 10.5. The van der Waals surface area contributed by atoms with Crippen LogP contribution in [0.2, 0.25) is 0 Å². The summed E-state index contributed by atoms with van der Waals surface area (Å²) in [4.78, 5) is 25.4. The Morgan fingerprint density at radius 2 is 2.00 bits per heavy atom. The number of aromatic carboxylic acids is 1. The number of carbonyl (C=O) groups is 2. The number of hydrogen-bond acceptors (Lipinski definition) is 5. The van der Waals surface area contributed by atoms with E-state index in [9.17, 15) is 9.59 Å². The third kappa shape index (κ3) is 3.29. The van der Waals surface area contributed by atoms with Crippen LogP contribution in [-0.4, -0.2) is 22.0 Å². The maximum atomic E-state index is 10.9.